The van der Waals surface area contributed by atoms with Crippen molar-refractivity contribution in [3.05, 3.63) is 35.1 Å². The van der Waals surface area contributed by atoms with Crippen molar-refractivity contribution in [2.24, 2.45) is 34.5 Å². The molecule has 4 aliphatic carbocycles. The van der Waals surface area contributed by atoms with Gasteiger partial charge in [0.05, 0.1) is 5.70 Å². The molecular formula is C28H42N2O2. The first-order valence-corrected chi connectivity index (χ1v) is 12.6. The Balaban J connectivity index is 1.57. The maximum absolute atomic E-state index is 13.5. The van der Waals surface area contributed by atoms with Gasteiger partial charge in [-0.15, -0.1) is 0 Å². The highest BCUT2D eigenvalue weighted by atomic mass is 16.2. The van der Waals surface area contributed by atoms with Crippen molar-refractivity contribution in [3.63, 3.8) is 0 Å². The topological polar surface area (TPSA) is 49.4 Å². The van der Waals surface area contributed by atoms with Gasteiger partial charge in [-0.25, -0.2) is 0 Å². The summed E-state index contributed by atoms with van der Waals surface area (Å²) in [4.78, 5) is 28.2. The maximum atomic E-state index is 13.5. The second-order valence-corrected chi connectivity index (χ2v) is 11.6. The first kappa shape index (κ1) is 23.5. The van der Waals surface area contributed by atoms with Gasteiger partial charge in [-0.05, 0) is 102 Å². The highest BCUT2D eigenvalue weighted by Gasteiger charge is 2.59. The number of Topliss-reactive ketones (excluding diaryl/α,β-unsaturated/α-hetero) is 1. The van der Waals surface area contributed by atoms with Gasteiger partial charge in [0.1, 0.15) is 0 Å². The van der Waals surface area contributed by atoms with Crippen molar-refractivity contribution in [1.82, 2.24) is 10.2 Å². The molecule has 0 saturated heterocycles. The molecule has 0 aromatic rings. The molecule has 0 radical (unpaired) electrons. The Morgan fingerprint density at radius 3 is 2.59 bits per heavy atom. The summed E-state index contributed by atoms with van der Waals surface area (Å²) in [6, 6.07) is 0.572. The molecule has 4 heteroatoms. The number of hydrogen-bond donors (Lipinski definition) is 1. The van der Waals surface area contributed by atoms with E-state index in [0.717, 1.165) is 19.3 Å². The third-order valence-electron chi connectivity index (χ3n) is 10.1. The van der Waals surface area contributed by atoms with E-state index in [1.807, 2.05) is 13.0 Å². The Hall–Kier alpha value is -1.68. The van der Waals surface area contributed by atoms with Crippen LogP contribution in [-0.4, -0.2) is 36.7 Å². The molecule has 1 amide bonds. The molecule has 0 aromatic heterocycles. The van der Waals surface area contributed by atoms with Gasteiger partial charge in [0.15, 0.2) is 5.78 Å². The van der Waals surface area contributed by atoms with Crippen molar-refractivity contribution in [2.75, 3.05) is 14.1 Å². The number of allylic oxidation sites excluding steroid dienone is 5. The summed E-state index contributed by atoms with van der Waals surface area (Å²) in [6.07, 6.45) is 13.0. The molecule has 0 heterocycles. The van der Waals surface area contributed by atoms with Crippen LogP contribution in [0.1, 0.15) is 73.1 Å². The summed E-state index contributed by atoms with van der Waals surface area (Å²) < 4.78 is 0. The number of fused-ring (bicyclic) bond motifs is 5. The lowest BCUT2D eigenvalue weighted by atomic mass is 9.46. The predicted molar refractivity (Wildman–Crippen MR) is 130 cm³/mol. The lowest BCUT2D eigenvalue weighted by Gasteiger charge is -2.58. The van der Waals surface area contributed by atoms with Crippen molar-refractivity contribution in [1.29, 1.82) is 0 Å². The minimum Gasteiger partial charge on any atom is -0.319 e. The smallest absolute Gasteiger partial charge is 0.251 e. The second-order valence-electron chi connectivity index (χ2n) is 11.6. The highest BCUT2D eigenvalue weighted by Crippen LogP contribution is 2.65. The monoisotopic (exact) mass is 438 g/mol. The average Bonchev–Trinajstić information content (AvgIpc) is 3.11. The van der Waals surface area contributed by atoms with E-state index in [0.29, 0.717) is 40.5 Å². The molecule has 7 atom stereocenters. The molecule has 4 aliphatic rings. The number of nitrogens with one attached hydrogen (secondary N) is 1. The third kappa shape index (κ3) is 3.45. The van der Waals surface area contributed by atoms with E-state index in [1.54, 1.807) is 18.6 Å². The van der Waals surface area contributed by atoms with Crippen LogP contribution in [0.4, 0.5) is 0 Å². The lowest BCUT2D eigenvalue weighted by molar-refractivity contribution is -0.133. The van der Waals surface area contributed by atoms with Crippen LogP contribution in [0, 0.1) is 34.5 Å². The van der Waals surface area contributed by atoms with Gasteiger partial charge >= 0.3 is 0 Å². The van der Waals surface area contributed by atoms with Crippen LogP contribution < -0.4 is 5.32 Å². The molecule has 2 saturated carbocycles. The van der Waals surface area contributed by atoms with Gasteiger partial charge in [0.25, 0.3) is 5.91 Å². The second kappa shape index (κ2) is 8.27. The normalized spacial score (nSPS) is 40.1. The summed E-state index contributed by atoms with van der Waals surface area (Å²) in [5.74, 6) is 1.87. The van der Waals surface area contributed by atoms with Crippen molar-refractivity contribution < 1.29 is 9.59 Å². The fourth-order valence-corrected chi connectivity index (χ4v) is 7.71. The third-order valence-corrected chi connectivity index (χ3v) is 10.1. The largest absolute Gasteiger partial charge is 0.319 e. The molecule has 0 aromatic carbocycles. The number of ketones is 1. The zero-order chi connectivity index (χ0) is 23.4. The standard InChI is InChI=1S/C28H42N2O2/c1-8-17(2)26(32)29-24-14-16-28(5)22-13-15-27(4)20(18(3)30(6)7)11-12-21(27)19(22)9-10-23(28)25(24)31/h8,12,14,18-20,22-23H,9-11,13,15-16H2,1-7H3,(H,29,32)/b17-8+/t18-,19-,20+,22-,23-,27+,28+/m0/s1. The van der Waals surface area contributed by atoms with E-state index in [1.165, 1.54) is 19.3 Å². The van der Waals surface area contributed by atoms with Gasteiger partial charge in [-0.1, -0.05) is 37.6 Å². The number of nitrogens with zero attached hydrogens (tertiary/aromatic N) is 1. The fraction of sp³-hybridized carbons (Fsp3) is 0.714. The molecule has 176 valence electrons. The summed E-state index contributed by atoms with van der Waals surface area (Å²) in [5, 5.41) is 2.90. The van der Waals surface area contributed by atoms with Crippen LogP contribution in [-0.2, 0) is 9.59 Å². The first-order chi connectivity index (χ1) is 15.0. The van der Waals surface area contributed by atoms with E-state index in [4.69, 9.17) is 0 Å². The number of carbonyl (C=O) groups is 2. The zero-order valence-electron chi connectivity index (χ0n) is 21.1. The van der Waals surface area contributed by atoms with Crippen LogP contribution in [0.5, 0.6) is 0 Å². The van der Waals surface area contributed by atoms with Gasteiger partial charge < -0.3 is 10.2 Å². The Kier molecular flexibility index (Phi) is 6.07. The Morgan fingerprint density at radius 1 is 1.22 bits per heavy atom. The minimum atomic E-state index is -0.157. The number of amides is 1. The summed E-state index contributed by atoms with van der Waals surface area (Å²) in [7, 11) is 4.41. The van der Waals surface area contributed by atoms with Gasteiger partial charge in [-0.3, -0.25) is 9.59 Å². The van der Waals surface area contributed by atoms with Crippen LogP contribution >= 0.6 is 0 Å². The molecule has 0 bridgehead atoms. The number of carbonyl (C=O) groups excluding carboxylic acids is 2. The number of rotatable bonds is 4. The van der Waals surface area contributed by atoms with Crippen molar-refractivity contribution in [3.8, 4) is 0 Å². The lowest BCUT2D eigenvalue weighted by Crippen LogP contribution is -2.54. The summed E-state index contributed by atoms with van der Waals surface area (Å²) in [6.45, 7) is 10.9. The summed E-state index contributed by atoms with van der Waals surface area (Å²) >= 11 is 0. The quantitative estimate of drug-likeness (QED) is 0.480. The van der Waals surface area contributed by atoms with Gasteiger partial charge in [-0.2, -0.15) is 0 Å². The van der Waals surface area contributed by atoms with Crippen LogP contribution in [0.15, 0.2) is 35.1 Å². The molecule has 4 nitrogen and oxygen atoms in total. The average molecular weight is 439 g/mol. The van der Waals surface area contributed by atoms with Gasteiger partial charge in [0.2, 0.25) is 0 Å². The predicted octanol–water partition coefficient (Wildman–Crippen LogP) is 5.27. The van der Waals surface area contributed by atoms with Gasteiger partial charge in [0, 0.05) is 17.5 Å². The van der Waals surface area contributed by atoms with E-state index in [2.05, 4.69) is 51.2 Å². The Morgan fingerprint density at radius 2 is 1.94 bits per heavy atom. The molecule has 2 fully saturated rings. The Bertz CT molecular complexity index is 897. The van der Waals surface area contributed by atoms with Crippen LogP contribution in [0.25, 0.3) is 0 Å². The van der Waals surface area contributed by atoms with Crippen LogP contribution in [0.3, 0.4) is 0 Å². The van der Waals surface area contributed by atoms with Crippen LogP contribution in [0.2, 0.25) is 0 Å². The summed E-state index contributed by atoms with van der Waals surface area (Å²) in [5.41, 5.74) is 3.17. The molecule has 32 heavy (non-hydrogen) atoms. The highest BCUT2D eigenvalue weighted by molar-refractivity contribution is 6.04. The number of hydrogen-bond acceptors (Lipinski definition) is 3. The van der Waals surface area contributed by atoms with Crippen molar-refractivity contribution in [2.45, 2.75) is 79.2 Å². The van der Waals surface area contributed by atoms with E-state index in [9.17, 15) is 9.59 Å². The van der Waals surface area contributed by atoms with Crippen molar-refractivity contribution >= 4 is 11.7 Å². The molecular weight excluding hydrogens is 396 g/mol. The molecule has 4 rings (SSSR count). The first-order valence-electron chi connectivity index (χ1n) is 12.6. The zero-order valence-corrected chi connectivity index (χ0v) is 21.1. The van der Waals surface area contributed by atoms with E-state index >= 15 is 0 Å². The van der Waals surface area contributed by atoms with E-state index in [-0.39, 0.29) is 23.0 Å². The molecule has 0 aliphatic heterocycles. The maximum Gasteiger partial charge on any atom is 0.251 e. The molecule has 1 N–H and O–H groups in total. The van der Waals surface area contributed by atoms with E-state index < -0.39 is 0 Å². The molecule has 0 unspecified atom stereocenters. The Labute approximate surface area is 194 Å². The molecule has 0 spiro atoms. The SMILES string of the molecule is C/C=C(\C)C(=O)NC1=CC[C@@]2(C)[C@@H](CC[C@H]3C4=CC[C@H]([C@H](C)N(C)C)[C@@]4(C)CC[C@@H]32)C1=O. The minimum absolute atomic E-state index is 0.00269. The fourth-order valence-electron chi connectivity index (χ4n) is 7.71.